The van der Waals surface area contributed by atoms with Crippen molar-refractivity contribution in [2.75, 3.05) is 5.09 Å². The molecule has 0 fully saturated rings. The second-order valence-electron chi connectivity index (χ2n) is 6.02. The highest BCUT2D eigenvalue weighted by Crippen LogP contribution is 2.49. The molecule has 0 heterocycles. The summed E-state index contributed by atoms with van der Waals surface area (Å²) in [5.41, 5.74) is 2.69. The fraction of sp³-hybridized carbons (Fsp3) is 0.100. The number of anilines is 1. The zero-order chi connectivity index (χ0) is 19.4. The fourth-order valence-electron chi connectivity index (χ4n) is 2.42. The molecule has 0 amide bonds. The van der Waals surface area contributed by atoms with Crippen LogP contribution in [-0.4, -0.2) is 0 Å². The summed E-state index contributed by atoms with van der Waals surface area (Å²) < 4.78 is 24.9. The lowest BCUT2D eigenvalue weighted by atomic mass is 10.1. The van der Waals surface area contributed by atoms with Crippen molar-refractivity contribution in [1.29, 1.82) is 0 Å². The average Bonchev–Trinajstić information content (AvgIpc) is 2.62. The highest BCUT2D eigenvalue weighted by atomic mass is 35.5. The molecule has 0 bridgehead atoms. The first-order chi connectivity index (χ1) is 12.8. The van der Waals surface area contributed by atoms with Crippen LogP contribution in [0.1, 0.15) is 11.1 Å². The minimum atomic E-state index is -3.79. The Hall–Kier alpha value is -2.13. The van der Waals surface area contributed by atoms with Gasteiger partial charge in [-0.2, -0.15) is 0 Å². The Labute approximate surface area is 168 Å². The minimum absolute atomic E-state index is 0.369. The molecule has 0 saturated heterocycles. The lowest BCUT2D eigenvalue weighted by Gasteiger charge is -2.22. The number of rotatable bonds is 6. The zero-order valence-corrected chi connectivity index (χ0v) is 17.2. The molecule has 0 radical (unpaired) electrons. The van der Waals surface area contributed by atoms with Crippen LogP contribution in [0.3, 0.4) is 0 Å². The number of hydrogen-bond acceptors (Lipinski definition) is 3. The molecule has 3 rings (SSSR count). The van der Waals surface area contributed by atoms with Gasteiger partial charge in [0.05, 0.1) is 0 Å². The van der Waals surface area contributed by atoms with E-state index < -0.39 is 7.75 Å². The molecule has 7 heteroatoms. The Morgan fingerprint density at radius 2 is 1.26 bits per heavy atom. The van der Waals surface area contributed by atoms with Crippen LogP contribution in [0.25, 0.3) is 0 Å². The van der Waals surface area contributed by atoms with Crippen molar-refractivity contribution in [2.24, 2.45) is 0 Å². The Balaban J connectivity index is 1.92. The normalized spacial score (nSPS) is 11.1. The number of halogens is 2. The molecule has 0 saturated carbocycles. The molecular weight excluding hydrogens is 404 g/mol. The SMILES string of the molecule is Cc1ccc(NP(=O)(Oc2ccc(Cl)cc2)Oc2ccc(Cl)cc2)c(C)c1. The lowest BCUT2D eigenvalue weighted by molar-refractivity contribution is 0.393. The molecule has 0 unspecified atom stereocenters. The van der Waals surface area contributed by atoms with Crippen LogP contribution in [0.5, 0.6) is 11.5 Å². The summed E-state index contributed by atoms with van der Waals surface area (Å²) in [6, 6.07) is 18.9. The van der Waals surface area contributed by atoms with Gasteiger partial charge in [0, 0.05) is 15.7 Å². The van der Waals surface area contributed by atoms with E-state index >= 15 is 0 Å². The van der Waals surface area contributed by atoms with E-state index in [4.69, 9.17) is 32.2 Å². The van der Waals surface area contributed by atoms with Crippen LogP contribution in [0.15, 0.2) is 66.7 Å². The second kappa shape index (κ2) is 8.26. The van der Waals surface area contributed by atoms with E-state index in [0.29, 0.717) is 27.2 Å². The van der Waals surface area contributed by atoms with E-state index in [1.165, 1.54) is 0 Å². The zero-order valence-electron chi connectivity index (χ0n) is 14.8. The van der Waals surface area contributed by atoms with E-state index in [2.05, 4.69) is 5.09 Å². The highest BCUT2D eigenvalue weighted by Gasteiger charge is 2.29. The van der Waals surface area contributed by atoms with Crippen LogP contribution in [-0.2, 0) is 4.57 Å². The molecule has 0 aliphatic rings. The number of benzene rings is 3. The Morgan fingerprint density at radius 3 is 1.70 bits per heavy atom. The van der Waals surface area contributed by atoms with Gasteiger partial charge in [0.25, 0.3) is 0 Å². The van der Waals surface area contributed by atoms with Crippen LogP contribution in [0.2, 0.25) is 10.0 Å². The second-order valence-corrected chi connectivity index (χ2v) is 8.47. The summed E-state index contributed by atoms with van der Waals surface area (Å²) in [5, 5.41) is 4.03. The van der Waals surface area contributed by atoms with Gasteiger partial charge in [-0.15, -0.1) is 0 Å². The fourth-order valence-corrected chi connectivity index (χ4v) is 4.14. The lowest BCUT2D eigenvalue weighted by Crippen LogP contribution is -2.10. The molecule has 3 aromatic carbocycles. The first-order valence-electron chi connectivity index (χ1n) is 8.19. The van der Waals surface area contributed by atoms with Crippen molar-refractivity contribution >= 4 is 36.6 Å². The van der Waals surface area contributed by atoms with E-state index in [0.717, 1.165) is 11.1 Å². The minimum Gasteiger partial charge on any atom is -0.400 e. The highest BCUT2D eigenvalue weighted by molar-refractivity contribution is 7.56. The average molecular weight is 422 g/mol. The Morgan fingerprint density at radius 1 is 0.778 bits per heavy atom. The van der Waals surface area contributed by atoms with Crippen molar-refractivity contribution in [3.05, 3.63) is 87.9 Å². The van der Waals surface area contributed by atoms with Gasteiger partial charge >= 0.3 is 7.75 Å². The summed E-state index contributed by atoms with van der Waals surface area (Å²) in [5.74, 6) is 0.739. The van der Waals surface area contributed by atoms with Crippen molar-refractivity contribution in [3.63, 3.8) is 0 Å². The predicted molar refractivity (Wildman–Crippen MR) is 111 cm³/mol. The third kappa shape index (κ3) is 5.43. The van der Waals surface area contributed by atoms with Gasteiger partial charge in [-0.3, -0.25) is 5.09 Å². The molecule has 140 valence electrons. The van der Waals surface area contributed by atoms with Gasteiger partial charge in [0.1, 0.15) is 11.5 Å². The van der Waals surface area contributed by atoms with Crippen molar-refractivity contribution in [1.82, 2.24) is 0 Å². The number of aryl methyl sites for hydroxylation is 2. The molecule has 4 nitrogen and oxygen atoms in total. The van der Waals surface area contributed by atoms with Gasteiger partial charge in [0.15, 0.2) is 0 Å². The maximum atomic E-state index is 13.5. The maximum absolute atomic E-state index is 13.5. The molecule has 0 aromatic heterocycles. The Bertz CT molecular complexity index is 924. The van der Waals surface area contributed by atoms with Crippen LogP contribution in [0.4, 0.5) is 5.69 Å². The summed E-state index contributed by atoms with van der Waals surface area (Å²) in [6.07, 6.45) is 0. The molecule has 0 spiro atoms. The molecule has 1 N–H and O–H groups in total. The van der Waals surface area contributed by atoms with E-state index in [-0.39, 0.29) is 0 Å². The van der Waals surface area contributed by atoms with Gasteiger partial charge in [0.2, 0.25) is 0 Å². The van der Waals surface area contributed by atoms with Gasteiger partial charge < -0.3 is 9.05 Å². The summed E-state index contributed by atoms with van der Waals surface area (Å²) in [6.45, 7) is 3.91. The maximum Gasteiger partial charge on any atom is 0.541 e. The molecule has 0 aliphatic heterocycles. The van der Waals surface area contributed by atoms with Crippen molar-refractivity contribution in [2.45, 2.75) is 13.8 Å². The van der Waals surface area contributed by atoms with Gasteiger partial charge in [-0.05, 0) is 74.0 Å². The number of hydrogen-bond donors (Lipinski definition) is 1. The quantitative estimate of drug-likeness (QED) is 0.424. The van der Waals surface area contributed by atoms with E-state index in [9.17, 15) is 4.57 Å². The molecule has 3 aromatic rings. The number of nitrogens with one attached hydrogen (secondary N) is 1. The molecule has 27 heavy (non-hydrogen) atoms. The van der Waals surface area contributed by atoms with Crippen molar-refractivity contribution in [3.8, 4) is 11.5 Å². The summed E-state index contributed by atoms with van der Waals surface area (Å²) >= 11 is 11.8. The predicted octanol–water partition coefficient (Wildman–Crippen LogP) is 7.29. The molecule has 0 atom stereocenters. The van der Waals surface area contributed by atoms with Crippen molar-refractivity contribution < 1.29 is 13.6 Å². The smallest absolute Gasteiger partial charge is 0.400 e. The molecule has 0 aliphatic carbocycles. The van der Waals surface area contributed by atoms with Crippen LogP contribution >= 0.6 is 30.9 Å². The van der Waals surface area contributed by atoms with Gasteiger partial charge in [-0.25, -0.2) is 4.57 Å². The monoisotopic (exact) mass is 421 g/mol. The third-order valence-corrected chi connectivity index (χ3v) is 5.64. The Kier molecular flexibility index (Phi) is 6.01. The first kappa shape index (κ1) is 19.6. The third-order valence-electron chi connectivity index (χ3n) is 3.72. The molecular formula is C20H18Cl2NO3P. The van der Waals surface area contributed by atoms with Gasteiger partial charge in [-0.1, -0.05) is 40.9 Å². The van der Waals surface area contributed by atoms with Crippen LogP contribution < -0.4 is 14.1 Å². The summed E-state index contributed by atoms with van der Waals surface area (Å²) in [4.78, 5) is 0. The van der Waals surface area contributed by atoms with E-state index in [1.54, 1.807) is 48.5 Å². The standard InChI is InChI=1S/C20H18Cl2NO3P/c1-14-3-12-20(15(2)13-14)23-27(24,25-18-8-4-16(21)5-9-18)26-19-10-6-17(22)7-11-19/h3-13H,1-2H3,(H,23,24). The largest absolute Gasteiger partial charge is 0.541 e. The topological polar surface area (TPSA) is 47.6 Å². The van der Waals surface area contributed by atoms with Crippen LogP contribution in [0, 0.1) is 13.8 Å². The first-order valence-corrected chi connectivity index (χ1v) is 10.5. The summed E-state index contributed by atoms with van der Waals surface area (Å²) in [7, 11) is -3.79. The van der Waals surface area contributed by atoms with E-state index in [1.807, 2.05) is 32.0 Å².